The third-order valence-corrected chi connectivity index (χ3v) is 1.03. The first-order chi connectivity index (χ1) is 3.39. The van der Waals surface area contributed by atoms with E-state index in [-0.39, 0.29) is 22.4 Å². The molecular weight excluding hydrogens is 302 g/mol. The van der Waals surface area contributed by atoms with Gasteiger partial charge in [0.05, 0.1) is 5.44 Å². The molecule has 0 bridgehead atoms. The molecule has 1 radical (unpaired) electrons. The Bertz CT molecular complexity index is 142. The molecule has 0 spiro atoms. The van der Waals surface area contributed by atoms with Crippen LogP contribution < -0.4 is 5.44 Å². The van der Waals surface area contributed by atoms with Crippen molar-refractivity contribution >= 4 is 14.7 Å². The molecule has 1 nitrogen and oxygen atoms in total. The second-order valence-electron chi connectivity index (χ2n) is 1.25. The summed E-state index contributed by atoms with van der Waals surface area (Å²) in [5.41, 5.74) is 0.988. The van der Waals surface area contributed by atoms with Gasteiger partial charge in [0.1, 0.15) is 0 Å². The topological polar surface area (TPSA) is 12.9 Å². The Morgan fingerprint density at radius 3 is 2.38 bits per heavy atom. The first-order valence-corrected chi connectivity index (χ1v) is 2.64. The van der Waals surface area contributed by atoms with Gasteiger partial charge in [-0.05, 0) is 12.1 Å². The Labute approximate surface area is 66.6 Å². The van der Waals surface area contributed by atoms with Gasteiger partial charge in [-0.2, -0.15) is 0 Å². The van der Waals surface area contributed by atoms with Gasteiger partial charge in [0, 0.05) is 28.6 Å². The molecule has 0 saturated heterocycles. The summed E-state index contributed by atoms with van der Waals surface area (Å²) in [5, 5.41) is 0. The van der Waals surface area contributed by atoms with Gasteiger partial charge in [-0.3, -0.25) is 4.98 Å². The molecule has 1 aromatic heterocycles. The minimum atomic E-state index is 0. The third kappa shape index (κ3) is 2.58. The summed E-state index contributed by atoms with van der Waals surface area (Å²) < 4.78 is 0. The molecular formula is C5H6AuNP. The van der Waals surface area contributed by atoms with Crippen LogP contribution in [0.5, 0.6) is 0 Å². The largest absolute Gasteiger partial charge is 0.257 e. The fourth-order valence-electron chi connectivity index (χ4n) is 0.376. The number of pyridine rings is 1. The van der Waals surface area contributed by atoms with Gasteiger partial charge >= 0.3 is 0 Å². The van der Waals surface area contributed by atoms with E-state index in [0.29, 0.717) is 0 Å². The first kappa shape index (κ1) is 8.32. The van der Waals surface area contributed by atoms with Crippen LogP contribution in [0.25, 0.3) is 0 Å². The minimum Gasteiger partial charge on any atom is -0.257 e. The molecule has 1 atom stereocenters. The quantitative estimate of drug-likeness (QED) is 0.505. The predicted octanol–water partition coefficient (Wildman–Crippen LogP) is 0.580. The molecule has 0 amide bonds. The fourth-order valence-corrected chi connectivity index (χ4v) is 0.573. The van der Waals surface area contributed by atoms with Gasteiger partial charge in [-0.1, -0.05) is 15.3 Å². The maximum absolute atomic E-state index is 3.94. The van der Waals surface area contributed by atoms with Crippen LogP contribution in [-0.2, 0) is 22.4 Å². The van der Waals surface area contributed by atoms with Crippen LogP contribution in [0.1, 0.15) is 0 Å². The molecule has 0 saturated carbocycles. The van der Waals surface area contributed by atoms with Crippen LogP contribution in [0, 0.1) is 0 Å². The summed E-state index contributed by atoms with van der Waals surface area (Å²) in [6.45, 7) is 0. The van der Waals surface area contributed by atoms with Crippen LogP contribution in [0.4, 0.5) is 0 Å². The number of hydrogen-bond donors (Lipinski definition) is 0. The molecule has 1 rings (SSSR count). The van der Waals surface area contributed by atoms with Gasteiger partial charge in [0.15, 0.2) is 0 Å². The Balaban J connectivity index is 0.000000490. The maximum atomic E-state index is 3.94. The zero-order valence-electron chi connectivity index (χ0n) is 4.14. The normalized spacial score (nSPS) is 7.62. The summed E-state index contributed by atoms with van der Waals surface area (Å²) in [6, 6.07) is 5.79. The van der Waals surface area contributed by atoms with Crippen molar-refractivity contribution in [3.8, 4) is 0 Å². The van der Waals surface area contributed by atoms with Crippen molar-refractivity contribution in [3.63, 3.8) is 0 Å². The van der Waals surface area contributed by atoms with E-state index in [0.717, 1.165) is 5.44 Å². The van der Waals surface area contributed by atoms with Crippen LogP contribution in [0.3, 0.4) is 0 Å². The maximum Gasteiger partial charge on any atom is 0.0569 e. The van der Waals surface area contributed by atoms with Crippen molar-refractivity contribution in [1.82, 2.24) is 4.98 Å². The molecule has 0 fully saturated rings. The van der Waals surface area contributed by atoms with Crippen LogP contribution in [0.2, 0.25) is 0 Å². The molecule has 0 aliphatic rings. The van der Waals surface area contributed by atoms with E-state index in [1.165, 1.54) is 0 Å². The third-order valence-electron chi connectivity index (χ3n) is 0.688. The van der Waals surface area contributed by atoms with Crippen molar-refractivity contribution in [2.24, 2.45) is 0 Å². The monoisotopic (exact) mass is 308 g/mol. The molecule has 0 aliphatic carbocycles. The Hall–Kier alpha value is 0.320. The second-order valence-corrected chi connectivity index (χ2v) is 1.85. The Morgan fingerprint density at radius 2 is 2.12 bits per heavy atom. The van der Waals surface area contributed by atoms with Crippen molar-refractivity contribution in [2.45, 2.75) is 0 Å². The molecule has 1 heterocycles. The summed E-state index contributed by atoms with van der Waals surface area (Å²) in [7, 11) is 2.52. The predicted molar refractivity (Wildman–Crippen MR) is 33.6 cm³/mol. The van der Waals surface area contributed by atoms with E-state index in [9.17, 15) is 0 Å². The van der Waals surface area contributed by atoms with Crippen molar-refractivity contribution in [2.75, 3.05) is 0 Å². The average molecular weight is 308 g/mol. The molecule has 0 aliphatic heterocycles. The van der Waals surface area contributed by atoms with Gasteiger partial charge in [0.2, 0.25) is 0 Å². The van der Waals surface area contributed by atoms with E-state index in [1.54, 1.807) is 6.20 Å². The Kier molecular flexibility index (Phi) is 4.39. The molecule has 8 heavy (non-hydrogen) atoms. The summed E-state index contributed by atoms with van der Waals surface area (Å²) in [4.78, 5) is 3.94. The number of rotatable bonds is 0. The summed E-state index contributed by atoms with van der Waals surface area (Å²) in [6.07, 6.45) is 1.77. The number of hydrogen-bond acceptors (Lipinski definition) is 1. The van der Waals surface area contributed by atoms with E-state index in [2.05, 4.69) is 14.2 Å². The zero-order chi connectivity index (χ0) is 5.11. The van der Waals surface area contributed by atoms with Crippen molar-refractivity contribution < 1.29 is 22.4 Å². The van der Waals surface area contributed by atoms with Crippen LogP contribution in [-0.4, -0.2) is 4.98 Å². The van der Waals surface area contributed by atoms with E-state index in [1.807, 2.05) is 18.2 Å². The van der Waals surface area contributed by atoms with Gasteiger partial charge in [-0.25, -0.2) is 0 Å². The van der Waals surface area contributed by atoms with Gasteiger partial charge < -0.3 is 0 Å². The molecule has 0 N–H and O–H groups in total. The van der Waals surface area contributed by atoms with E-state index < -0.39 is 0 Å². The molecule has 47 valence electrons. The molecule has 1 unspecified atom stereocenters. The smallest absolute Gasteiger partial charge is 0.0569 e. The fraction of sp³-hybridized carbons (Fsp3) is 0. The molecule has 0 aromatic carbocycles. The van der Waals surface area contributed by atoms with Crippen molar-refractivity contribution in [1.29, 1.82) is 0 Å². The van der Waals surface area contributed by atoms with Gasteiger partial charge in [-0.15, -0.1) is 0 Å². The molecule has 1 aromatic rings. The van der Waals surface area contributed by atoms with Gasteiger partial charge in [0.25, 0.3) is 0 Å². The first-order valence-electron chi connectivity index (χ1n) is 2.06. The van der Waals surface area contributed by atoms with Crippen LogP contribution >= 0.6 is 9.24 Å². The van der Waals surface area contributed by atoms with Crippen molar-refractivity contribution in [3.05, 3.63) is 24.4 Å². The minimum absolute atomic E-state index is 0. The van der Waals surface area contributed by atoms with Crippen LogP contribution in [0.15, 0.2) is 24.4 Å². The second kappa shape index (κ2) is 4.22. The van der Waals surface area contributed by atoms with E-state index in [4.69, 9.17) is 0 Å². The Morgan fingerprint density at radius 1 is 1.38 bits per heavy atom. The summed E-state index contributed by atoms with van der Waals surface area (Å²) in [5.74, 6) is 0. The zero-order valence-corrected chi connectivity index (χ0v) is 7.46. The average Bonchev–Trinajstić information content (AvgIpc) is 1.69. The molecule has 3 heteroatoms. The number of aromatic nitrogens is 1. The van der Waals surface area contributed by atoms with E-state index >= 15 is 0 Å². The summed E-state index contributed by atoms with van der Waals surface area (Å²) >= 11 is 0. The SMILES string of the molecule is Pc1ccccn1.[Au]. The number of nitrogens with zero attached hydrogens (tertiary/aromatic N) is 1. The standard InChI is InChI=1S/C5H6NP.Au/c7-5-3-1-2-4-6-5;/h1-4H,7H2;.